The quantitative estimate of drug-likeness (QED) is 0.229. The van der Waals surface area contributed by atoms with Crippen molar-refractivity contribution in [1.82, 2.24) is 4.90 Å². The molecule has 0 aliphatic heterocycles. The lowest BCUT2D eigenvalue weighted by Crippen LogP contribution is -2.22. The van der Waals surface area contributed by atoms with Crippen LogP contribution in [-0.4, -0.2) is 32.0 Å². The number of ether oxygens (including phenoxy) is 2. The summed E-state index contributed by atoms with van der Waals surface area (Å²) in [6.45, 7) is 4.21. The summed E-state index contributed by atoms with van der Waals surface area (Å²) < 4.78 is 12.8. The topological polar surface area (TPSA) is 62.6 Å². The summed E-state index contributed by atoms with van der Waals surface area (Å²) in [4.78, 5) is 13.5. The first kappa shape index (κ1) is 22.5. The van der Waals surface area contributed by atoms with Crippen molar-refractivity contribution in [3.8, 4) is 17.6 Å². The number of methoxy groups -OCH3 is 1. The third kappa shape index (κ3) is 6.09. The number of halogens is 1. The van der Waals surface area contributed by atoms with Gasteiger partial charge in [0.25, 0.3) is 5.91 Å². The van der Waals surface area contributed by atoms with Crippen LogP contribution in [0.25, 0.3) is 6.08 Å². The molecule has 0 radical (unpaired) electrons. The standard InChI is InChI=1S/C23H23IN2O3/c1-5-6-18-11-17(12-19(14-25)23(27)26(2)3)13-21(28-4)22(18)29-15-16-7-9-20(24)10-8-16/h5,7-13H,1,6,15H2,2-4H3/b19-12-. The molecular formula is C23H23IN2O3. The van der Waals surface area contributed by atoms with Gasteiger partial charge in [0.15, 0.2) is 11.5 Å². The summed E-state index contributed by atoms with van der Waals surface area (Å²) >= 11 is 2.26. The van der Waals surface area contributed by atoms with E-state index in [0.29, 0.717) is 30.1 Å². The van der Waals surface area contributed by atoms with Gasteiger partial charge in [-0.05, 0) is 70.5 Å². The van der Waals surface area contributed by atoms with Gasteiger partial charge in [-0.15, -0.1) is 6.58 Å². The van der Waals surface area contributed by atoms with Crippen LogP contribution >= 0.6 is 22.6 Å². The maximum atomic E-state index is 12.2. The lowest BCUT2D eigenvalue weighted by molar-refractivity contribution is -0.124. The molecule has 0 fully saturated rings. The monoisotopic (exact) mass is 502 g/mol. The number of amides is 1. The van der Waals surface area contributed by atoms with Gasteiger partial charge in [0.1, 0.15) is 18.2 Å². The number of benzene rings is 2. The number of carbonyl (C=O) groups is 1. The largest absolute Gasteiger partial charge is 0.493 e. The lowest BCUT2D eigenvalue weighted by atomic mass is 10.0. The average Bonchev–Trinajstić information content (AvgIpc) is 2.71. The number of allylic oxidation sites excluding steroid dienone is 1. The van der Waals surface area contributed by atoms with Crippen molar-refractivity contribution >= 4 is 34.6 Å². The molecule has 5 nitrogen and oxygen atoms in total. The zero-order valence-electron chi connectivity index (χ0n) is 16.7. The predicted molar refractivity (Wildman–Crippen MR) is 123 cm³/mol. The summed E-state index contributed by atoms with van der Waals surface area (Å²) in [5.74, 6) is 0.812. The van der Waals surface area contributed by atoms with Crippen LogP contribution in [0.4, 0.5) is 0 Å². The molecule has 0 unspecified atom stereocenters. The molecule has 2 aromatic rings. The van der Waals surface area contributed by atoms with E-state index in [4.69, 9.17) is 9.47 Å². The summed E-state index contributed by atoms with van der Waals surface area (Å²) in [5, 5.41) is 9.35. The average molecular weight is 502 g/mol. The van der Waals surface area contributed by atoms with Gasteiger partial charge in [0.2, 0.25) is 0 Å². The van der Waals surface area contributed by atoms with E-state index in [1.807, 2.05) is 36.4 Å². The Morgan fingerprint density at radius 1 is 1.28 bits per heavy atom. The zero-order chi connectivity index (χ0) is 21.4. The molecule has 6 heteroatoms. The van der Waals surface area contributed by atoms with Gasteiger partial charge >= 0.3 is 0 Å². The van der Waals surface area contributed by atoms with Crippen molar-refractivity contribution in [3.05, 3.63) is 74.9 Å². The molecule has 0 bridgehead atoms. The molecule has 150 valence electrons. The van der Waals surface area contributed by atoms with Crippen LogP contribution in [-0.2, 0) is 17.8 Å². The van der Waals surface area contributed by atoms with E-state index in [-0.39, 0.29) is 11.5 Å². The highest BCUT2D eigenvalue weighted by atomic mass is 127. The Balaban J connectivity index is 2.41. The second kappa shape index (κ2) is 10.7. The van der Waals surface area contributed by atoms with E-state index in [1.54, 1.807) is 39.4 Å². The molecule has 0 aromatic heterocycles. The van der Waals surface area contributed by atoms with E-state index in [9.17, 15) is 10.1 Å². The highest BCUT2D eigenvalue weighted by molar-refractivity contribution is 14.1. The molecule has 0 aliphatic rings. The molecule has 1 amide bonds. The van der Waals surface area contributed by atoms with Gasteiger partial charge in [-0.2, -0.15) is 5.26 Å². The zero-order valence-corrected chi connectivity index (χ0v) is 18.9. The van der Waals surface area contributed by atoms with E-state index < -0.39 is 0 Å². The molecule has 29 heavy (non-hydrogen) atoms. The van der Waals surface area contributed by atoms with E-state index >= 15 is 0 Å². The lowest BCUT2D eigenvalue weighted by Gasteiger charge is -2.16. The maximum absolute atomic E-state index is 12.2. The Labute approximate surface area is 185 Å². The van der Waals surface area contributed by atoms with Crippen molar-refractivity contribution in [2.75, 3.05) is 21.2 Å². The third-order valence-electron chi connectivity index (χ3n) is 4.10. The van der Waals surface area contributed by atoms with E-state index in [2.05, 4.69) is 29.2 Å². The van der Waals surface area contributed by atoms with Crippen molar-refractivity contribution in [3.63, 3.8) is 0 Å². The smallest absolute Gasteiger partial charge is 0.264 e. The Kier molecular flexibility index (Phi) is 8.28. The Morgan fingerprint density at radius 3 is 2.52 bits per heavy atom. The minimum absolute atomic E-state index is 0.0502. The Hall–Kier alpha value is -2.79. The Morgan fingerprint density at radius 2 is 1.97 bits per heavy atom. The second-order valence-electron chi connectivity index (χ2n) is 6.49. The van der Waals surface area contributed by atoms with Crippen LogP contribution in [0.3, 0.4) is 0 Å². The highest BCUT2D eigenvalue weighted by Crippen LogP contribution is 2.35. The fraction of sp³-hybridized carbons (Fsp3) is 0.217. The summed E-state index contributed by atoms with van der Waals surface area (Å²) in [6.07, 6.45) is 3.89. The van der Waals surface area contributed by atoms with Gasteiger partial charge in [0.05, 0.1) is 7.11 Å². The highest BCUT2D eigenvalue weighted by Gasteiger charge is 2.15. The number of nitriles is 1. The number of hydrogen-bond donors (Lipinski definition) is 0. The van der Waals surface area contributed by atoms with Crippen molar-refractivity contribution in [1.29, 1.82) is 5.26 Å². The van der Waals surface area contributed by atoms with E-state index in [0.717, 1.165) is 14.7 Å². The second-order valence-corrected chi connectivity index (χ2v) is 7.73. The van der Waals surface area contributed by atoms with Crippen LogP contribution in [0.1, 0.15) is 16.7 Å². The summed E-state index contributed by atoms with van der Waals surface area (Å²) in [6, 6.07) is 13.7. The van der Waals surface area contributed by atoms with Gasteiger partial charge in [-0.1, -0.05) is 18.2 Å². The molecule has 0 saturated heterocycles. The van der Waals surface area contributed by atoms with Gasteiger partial charge < -0.3 is 14.4 Å². The molecule has 0 heterocycles. The van der Waals surface area contributed by atoms with Gasteiger partial charge in [-0.25, -0.2) is 0 Å². The normalized spacial score (nSPS) is 10.8. The molecule has 0 atom stereocenters. The van der Waals surface area contributed by atoms with Crippen LogP contribution in [0.2, 0.25) is 0 Å². The van der Waals surface area contributed by atoms with Crippen LogP contribution in [0, 0.1) is 14.9 Å². The fourth-order valence-electron chi connectivity index (χ4n) is 2.68. The molecule has 0 aliphatic carbocycles. The van der Waals surface area contributed by atoms with Crippen molar-refractivity contribution in [2.45, 2.75) is 13.0 Å². The molecule has 0 saturated carbocycles. The van der Waals surface area contributed by atoms with Crippen LogP contribution in [0.15, 0.2) is 54.6 Å². The number of nitrogens with zero attached hydrogens (tertiary/aromatic N) is 2. The van der Waals surface area contributed by atoms with Crippen LogP contribution < -0.4 is 9.47 Å². The van der Waals surface area contributed by atoms with Crippen molar-refractivity contribution in [2.24, 2.45) is 0 Å². The van der Waals surface area contributed by atoms with Gasteiger partial charge in [0, 0.05) is 23.2 Å². The minimum atomic E-state index is -0.351. The molecule has 0 spiro atoms. The number of carbonyl (C=O) groups excluding carboxylic acids is 1. The van der Waals surface area contributed by atoms with Gasteiger partial charge in [-0.3, -0.25) is 4.79 Å². The first-order valence-corrected chi connectivity index (χ1v) is 10.00. The maximum Gasteiger partial charge on any atom is 0.264 e. The summed E-state index contributed by atoms with van der Waals surface area (Å²) in [5.41, 5.74) is 2.65. The summed E-state index contributed by atoms with van der Waals surface area (Å²) in [7, 11) is 4.78. The molecule has 2 aromatic carbocycles. The minimum Gasteiger partial charge on any atom is -0.493 e. The van der Waals surface area contributed by atoms with E-state index in [1.165, 1.54) is 4.90 Å². The van der Waals surface area contributed by atoms with Crippen LogP contribution in [0.5, 0.6) is 11.5 Å². The Bertz CT molecular complexity index is 957. The SMILES string of the molecule is C=CCc1cc(/C=C(/C#N)C(=O)N(C)C)cc(OC)c1OCc1ccc(I)cc1. The molecule has 0 N–H and O–H groups in total. The first-order chi connectivity index (χ1) is 13.9. The number of hydrogen-bond acceptors (Lipinski definition) is 4. The third-order valence-corrected chi connectivity index (χ3v) is 4.82. The number of rotatable bonds is 8. The first-order valence-electron chi connectivity index (χ1n) is 8.92. The molecular weight excluding hydrogens is 479 g/mol. The molecule has 2 rings (SSSR count). The van der Waals surface area contributed by atoms with Crippen molar-refractivity contribution < 1.29 is 14.3 Å². The fourth-order valence-corrected chi connectivity index (χ4v) is 3.03. The predicted octanol–water partition coefficient (Wildman–Crippen LogP) is 4.60. The number of likely N-dealkylation sites (N-methyl/N-ethyl adjacent to an activating group) is 1.